The molecule has 0 rings (SSSR count). The van der Waals surface area contributed by atoms with E-state index in [-0.39, 0.29) is 104 Å². The van der Waals surface area contributed by atoms with E-state index in [1.54, 1.807) is 4.90 Å². The molecule has 15 nitrogen and oxygen atoms in total. The standard InChI is InChI=1S/C34H63N5O10.2Na/c1-2-3-4-5-6-7-8-9-10-11-12-13-14-15-16-17-30(41)36-18-19-37(20-21-38(25-31(42)43)26-32(44)45)22-23-39(27-33(46)47)28(34(48)49)24-29(35)40;;/h28H,2-27H2,1H3,(H2,35,40)(H,36,41)(H,42,43)(H,44,45)(H,46,47)(H,48,49);;/q;2*+1/p-2. The molecule has 2 amide bonds. The van der Waals surface area contributed by atoms with Gasteiger partial charge in [-0.1, -0.05) is 96.8 Å². The number of carbonyl (C=O) groups is 6. The third-order valence-corrected chi connectivity index (χ3v) is 8.36. The molecule has 0 aliphatic carbocycles. The van der Waals surface area contributed by atoms with Crippen molar-refractivity contribution in [1.29, 1.82) is 0 Å². The number of primary amides is 1. The number of aliphatic carboxylic acids is 4. The molecular weight excluding hydrogens is 684 g/mol. The smallest absolute Gasteiger partial charge is 0.549 e. The fourth-order valence-electron chi connectivity index (χ4n) is 5.65. The number of hydrogen-bond acceptors (Lipinski definition) is 11. The largest absolute Gasteiger partial charge is 1.00 e. The van der Waals surface area contributed by atoms with Crippen molar-refractivity contribution in [3.63, 3.8) is 0 Å². The van der Waals surface area contributed by atoms with Crippen LogP contribution in [0.15, 0.2) is 0 Å². The van der Waals surface area contributed by atoms with Crippen molar-refractivity contribution in [1.82, 2.24) is 20.0 Å². The molecule has 17 heteroatoms. The van der Waals surface area contributed by atoms with Crippen LogP contribution in [0.5, 0.6) is 0 Å². The Morgan fingerprint density at radius 2 is 1.08 bits per heavy atom. The number of unbranched alkanes of at least 4 members (excludes halogenated alkanes) is 14. The van der Waals surface area contributed by atoms with Gasteiger partial charge in [-0.05, 0) is 6.42 Å². The number of carbonyl (C=O) groups excluding carboxylic acids is 4. The van der Waals surface area contributed by atoms with Crippen molar-refractivity contribution in [3.8, 4) is 0 Å². The van der Waals surface area contributed by atoms with Crippen LogP contribution in [0.2, 0.25) is 0 Å². The van der Waals surface area contributed by atoms with Crippen LogP contribution >= 0.6 is 0 Å². The van der Waals surface area contributed by atoms with E-state index < -0.39 is 61.9 Å². The van der Waals surface area contributed by atoms with Crippen LogP contribution in [-0.2, 0) is 28.8 Å². The Labute approximate surface area is 348 Å². The van der Waals surface area contributed by atoms with Crippen LogP contribution in [0.25, 0.3) is 0 Å². The Kier molecular flexibility index (Phi) is 37.8. The van der Waals surface area contributed by atoms with Crippen molar-refractivity contribution in [3.05, 3.63) is 0 Å². The number of nitrogens with one attached hydrogen (secondary N) is 1. The molecule has 0 aliphatic rings. The Balaban J connectivity index is -0.0000115. The van der Waals surface area contributed by atoms with Gasteiger partial charge in [0.1, 0.15) is 6.04 Å². The van der Waals surface area contributed by atoms with Gasteiger partial charge in [-0.15, -0.1) is 0 Å². The van der Waals surface area contributed by atoms with Crippen molar-refractivity contribution in [2.24, 2.45) is 5.73 Å². The third-order valence-electron chi connectivity index (χ3n) is 8.36. The summed E-state index contributed by atoms with van der Waals surface area (Å²) in [6, 6.07) is -1.52. The molecule has 0 radical (unpaired) electrons. The summed E-state index contributed by atoms with van der Waals surface area (Å²) in [5.74, 6) is -6.78. The van der Waals surface area contributed by atoms with Gasteiger partial charge in [0.15, 0.2) is 0 Å². The molecule has 284 valence electrons. The van der Waals surface area contributed by atoms with E-state index in [0.29, 0.717) is 6.42 Å². The van der Waals surface area contributed by atoms with Crippen molar-refractivity contribution >= 4 is 35.7 Å². The monoisotopic (exact) mass is 745 g/mol. The molecule has 0 fully saturated rings. The molecule has 0 heterocycles. The van der Waals surface area contributed by atoms with Crippen LogP contribution in [-0.4, -0.2) is 126 Å². The van der Waals surface area contributed by atoms with E-state index in [1.807, 2.05) is 0 Å². The SMILES string of the molecule is CCCCCCCCCCCCCCCCCC(=O)NCCN(CCN(CC(=O)[O-])CC(=O)O)CCN(CC(=O)[O-])C(CC(N)=O)C(=O)O.[Na+].[Na+]. The second kappa shape index (κ2) is 35.7. The van der Waals surface area contributed by atoms with Gasteiger partial charge in [-0.25, -0.2) is 0 Å². The molecule has 0 aromatic carbocycles. The second-order valence-corrected chi connectivity index (χ2v) is 12.7. The van der Waals surface area contributed by atoms with Gasteiger partial charge in [0, 0.05) is 58.8 Å². The Hall–Kier alpha value is -1.30. The summed E-state index contributed by atoms with van der Waals surface area (Å²) < 4.78 is 0. The average molecular weight is 746 g/mol. The minimum absolute atomic E-state index is 0. The molecule has 0 saturated heterocycles. The van der Waals surface area contributed by atoms with Crippen molar-refractivity contribution in [2.45, 2.75) is 122 Å². The summed E-state index contributed by atoms with van der Waals surface area (Å²) in [7, 11) is 0. The maximum atomic E-state index is 12.5. The normalized spacial score (nSPS) is 11.5. The summed E-state index contributed by atoms with van der Waals surface area (Å²) >= 11 is 0. The molecule has 51 heavy (non-hydrogen) atoms. The van der Waals surface area contributed by atoms with Crippen LogP contribution in [0.4, 0.5) is 0 Å². The maximum absolute atomic E-state index is 12.5. The molecule has 0 aliphatic heterocycles. The molecule has 5 N–H and O–H groups in total. The van der Waals surface area contributed by atoms with Crippen LogP contribution in [0.1, 0.15) is 116 Å². The number of carboxylic acids is 4. The van der Waals surface area contributed by atoms with E-state index in [2.05, 4.69) is 12.2 Å². The average Bonchev–Trinajstić information content (AvgIpc) is 3.01. The maximum Gasteiger partial charge on any atom is 1.00 e. The van der Waals surface area contributed by atoms with E-state index in [4.69, 9.17) is 10.8 Å². The zero-order valence-electron chi connectivity index (χ0n) is 31.5. The molecule has 0 bridgehead atoms. The van der Waals surface area contributed by atoms with Crippen LogP contribution in [0, 0.1) is 0 Å². The Morgan fingerprint density at radius 3 is 1.51 bits per heavy atom. The molecular formula is C34H61N5Na2O10. The van der Waals surface area contributed by atoms with Gasteiger partial charge < -0.3 is 41.1 Å². The Bertz CT molecular complexity index is 964. The van der Waals surface area contributed by atoms with E-state index in [9.17, 15) is 44.1 Å². The number of hydrogen-bond donors (Lipinski definition) is 4. The molecule has 0 spiro atoms. The number of carboxylic acid groups (broad SMARTS) is 4. The second-order valence-electron chi connectivity index (χ2n) is 12.7. The van der Waals surface area contributed by atoms with Crippen LogP contribution < -0.4 is 80.4 Å². The predicted molar refractivity (Wildman–Crippen MR) is 180 cm³/mol. The number of rotatable bonds is 35. The minimum atomic E-state index is -1.56. The van der Waals surface area contributed by atoms with Gasteiger partial charge in [-0.3, -0.25) is 33.9 Å². The first-order valence-electron chi connectivity index (χ1n) is 17.9. The molecule has 1 unspecified atom stereocenters. The van der Waals surface area contributed by atoms with E-state index >= 15 is 0 Å². The number of amides is 2. The summed E-state index contributed by atoms with van der Waals surface area (Å²) in [4.78, 5) is 73.2. The van der Waals surface area contributed by atoms with Gasteiger partial charge in [0.2, 0.25) is 11.8 Å². The predicted octanol–water partition coefficient (Wildman–Crippen LogP) is -5.81. The van der Waals surface area contributed by atoms with Gasteiger partial charge in [0.05, 0.1) is 24.9 Å². The zero-order chi connectivity index (χ0) is 36.9. The summed E-state index contributed by atoms with van der Waals surface area (Å²) in [5.41, 5.74) is 5.16. The quantitative estimate of drug-likeness (QED) is 0.0350. The molecule has 0 aromatic heterocycles. The Morgan fingerprint density at radius 1 is 0.627 bits per heavy atom. The van der Waals surface area contributed by atoms with E-state index in [0.717, 1.165) is 35.5 Å². The first kappa shape index (κ1) is 54.0. The fraction of sp³-hybridized carbons (Fsp3) is 0.824. The molecule has 1 atom stereocenters. The minimum Gasteiger partial charge on any atom is -0.549 e. The zero-order valence-corrected chi connectivity index (χ0v) is 35.5. The topological polar surface area (TPSA) is 237 Å². The summed E-state index contributed by atoms with van der Waals surface area (Å²) in [6.45, 7) is 0.676. The van der Waals surface area contributed by atoms with Gasteiger partial charge in [0.25, 0.3) is 0 Å². The molecule has 0 saturated carbocycles. The van der Waals surface area contributed by atoms with Crippen LogP contribution in [0.3, 0.4) is 0 Å². The first-order valence-corrected chi connectivity index (χ1v) is 17.9. The van der Waals surface area contributed by atoms with Gasteiger partial charge >= 0.3 is 71.1 Å². The third kappa shape index (κ3) is 34.2. The summed E-state index contributed by atoms with van der Waals surface area (Å²) in [6.07, 6.45) is 18.1. The number of nitrogens with zero attached hydrogens (tertiary/aromatic N) is 3. The van der Waals surface area contributed by atoms with Crippen molar-refractivity contribution in [2.75, 3.05) is 58.9 Å². The molecule has 0 aromatic rings. The van der Waals surface area contributed by atoms with Gasteiger partial charge in [-0.2, -0.15) is 0 Å². The van der Waals surface area contributed by atoms with Crippen molar-refractivity contribution < 1.29 is 108 Å². The fourth-order valence-corrected chi connectivity index (χ4v) is 5.65. The first-order chi connectivity index (χ1) is 23.3. The number of nitrogens with two attached hydrogens (primary N) is 1. The van der Waals surface area contributed by atoms with E-state index in [1.165, 1.54) is 70.6 Å². The summed E-state index contributed by atoms with van der Waals surface area (Å²) in [5, 5.41) is 44.0.